The van der Waals surface area contributed by atoms with Crippen LogP contribution in [0.3, 0.4) is 0 Å². The van der Waals surface area contributed by atoms with E-state index in [-0.39, 0.29) is 0 Å². The summed E-state index contributed by atoms with van der Waals surface area (Å²) in [7, 11) is 1.66. The quantitative estimate of drug-likeness (QED) is 0.763. The number of hydrogen-bond acceptors (Lipinski definition) is 3. The fraction of sp³-hybridized carbons (Fsp3) is 0.263. The van der Waals surface area contributed by atoms with E-state index in [1.165, 1.54) is 11.1 Å². The first-order valence-electron chi connectivity index (χ1n) is 7.61. The van der Waals surface area contributed by atoms with E-state index in [0.29, 0.717) is 11.3 Å². The van der Waals surface area contributed by atoms with E-state index < -0.39 is 17.6 Å². The Balaban J connectivity index is 2.08. The summed E-state index contributed by atoms with van der Waals surface area (Å²) in [6.07, 6.45) is 4.45. The van der Waals surface area contributed by atoms with Crippen LogP contribution in [0.4, 0.5) is 14.9 Å². The summed E-state index contributed by atoms with van der Waals surface area (Å²) in [5, 5.41) is 0. The molecule has 0 aliphatic heterocycles. The summed E-state index contributed by atoms with van der Waals surface area (Å²) in [6.45, 7) is 5.47. The third kappa shape index (κ3) is 4.91. The lowest BCUT2D eigenvalue weighted by molar-refractivity contribution is 0.0589. The van der Waals surface area contributed by atoms with Gasteiger partial charge in [0.05, 0.1) is 0 Å². The molecule has 0 bridgehead atoms. The van der Waals surface area contributed by atoms with Gasteiger partial charge in [-0.15, -0.1) is 0 Å². The first-order valence-corrected chi connectivity index (χ1v) is 7.61. The van der Waals surface area contributed by atoms with E-state index >= 15 is 0 Å². The fourth-order valence-electron chi connectivity index (χ4n) is 1.95. The zero-order chi connectivity index (χ0) is 17.7. The molecular weight excluding hydrogens is 307 g/mol. The van der Waals surface area contributed by atoms with Crippen LogP contribution in [0.25, 0.3) is 12.2 Å². The van der Waals surface area contributed by atoms with E-state index in [1.54, 1.807) is 31.3 Å². The summed E-state index contributed by atoms with van der Waals surface area (Å²) in [5.41, 5.74) is 1.49. The van der Waals surface area contributed by atoms with Gasteiger partial charge >= 0.3 is 6.09 Å². The largest absolute Gasteiger partial charge is 0.443 e. The van der Waals surface area contributed by atoms with Crippen molar-refractivity contribution in [1.29, 1.82) is 0 Å². The molecule has 0 atom stereocenters. The normalized spacial score (nSPS) is 11.5. The minimum absolute atomic E-state index is 0.414. The number of amides is 1. The molecule has 0 aliphatic carbocycles. The van der Waals surface area contributed by atoms with Crippen LogP contribution >= 0.6 is 0 Å². The van der Waals surface area contributed by atoms with Crippen molar-refractivity contribution in [3.05, 3.63) is 59.7 Å². The maximum atomic E-state index is 13.5. The molecule has 126 valence electrons. The minimum atomic E-state index is -0.540. The lowest BCUT2D eigenvalue weighted by Crippen LogP contribution is -2.34. The van der Waals surface area contributed by atoms with Crippen LogP contribution < -0.4 is 4.90 Å². The molecule has 0 radical (unpaired) electrons. The second kappa shape index (κ2) is 7.25. The van der Waals surface area contributed by atoms with Crippen molar-refractivity contribution < 1.29 is 13.9 Å². The molecule has 1 aromatic heterocycles. The molecule has 1 heterocycles. The molecule has 1 amide bonds. The fourth-order valence-corrected chi connectivity index (χ4v) is 1.95. The van der Waals surface area contributed by atoms with E-state index in [4.69, 9.17) is 4.74 Å². The molecular formula is C19H21FN2O2. The molecule has 0 unspecified atom stereocenters. The maximum absolute atomic E-state index is 13.5. The van der Waals surface area contributed by atoms with E-state index in [2.05, 4.69) is 4.98 Å². The molecule has 0 spiro atoms. The number of aromatic nitrogens is 1. The predicted molar refractivity (Wildman–Crippen MR) is 94.2 cm³/mol. The van der Waals surface area contributed by atoms with Crippen molar-refractivity contribution in [3.63, 3.8) is 0 Å². The van der Waals surface area contributed by atoms with Gasteiger partial charge in [0.2, 0.25) is 5.95 Å². The Bertz CT molecular complexity index is 734. The molecule has 0 saturated carbocycles. The number of nitrogens with zero attached hydrogens (tertiary/aromatic N) is 2. The third-order valence-electron chi connectivity index (χ3n) is 3.19. The number of carbonyl (C=O) groups excluding carboxylic acids is 1. The molecule has 2 rings (SSSR count). The summed E-state index contributed by atoms with van der Waals surface area (Å²) < 4.78 is 18.8. The molecule has 2 aromatic rings. The molecule has 0 fully saturated rings. The van der Waals surface area contributed by atoms with Gasteiger partial charge < -0.3 is 4.74 Å². The lowest BCUT2D eigenvalue weighted by Gasteiger charge is -2.24. The van der Waals surface area contributed by atoms with Crippen LogP contribution in [0.1, 0.15) is 31.9 Å². The zero-order valence-electron chi connectivity index (χ0n) is 14.3. The first kappa shape index (κ1) is 17.7. The average molecular weight is 328 g/mol. The number of rotatable bonds is 3. The van der Waals surface area contributed by atoms with Crippen LogP contribution in [0.5, 0.6) is 0 Å². The van der Waals surface area contributed by atoms with Gasteiger partial charge in [-0.05, 0) is 56.7 Å². The van der Waals surface area contributed by atoms with Gasteiger partial charge in [0.25, 0.3) is 0 Å². The standard InChI is InChI=1S/C19H21FN2O2/c1-19(2,3)24-18(23)22(4)16-11-8-14(9-12-16)7-10-15-6-5-13-21-17(15)20/h5-13H,1-4H3. The molecule has 0 saturated heterocycles. The Hall–Kier alpha value is -2.69. The Morgan fingerprint density at radius 2 is 1.83 bits per heavy atom. The van der Waals surface area contributed by atoms with Crippen molar-refractivity contribution in [2.45, 2.75) is 26.4 Å². The van der Waals surface area contributed by atoms with Crippen molar-refractivity contribution in [1.82, 2.24) is 4.98 Å². The van der Waals surface area contributed by atoms with E-state index in [9.17, 15) is 9.18 Å². The lowest BCUT2D eigenvalue weighted by atomic mass is 10.1. The molecule has 0 N–H and O–H groups in total. The molecule has 4 nitrogen and oxygen atoms in total. The van der Waals surface area contributed by atoms with Crippen molar-refractivity contribution in [2.75, 3.05) is 11.9 Å². The number of anilines is 1. The van der Waals surface area contributed by atoms with Crippen molar-refractivity contribution in [2.24, 2.45) is 0 Å². The monoisotopic (exact) mass is 328 g/mol. The molecule has 5 heteroatoms. The SMILES string of the molecule is CN(C(=O)OC(C)(C)C)c1ccc(C=Cc2cccnc2F)cc1. The zero-order valence-corrected chi connectivity index (χ0v) is 14.3. The van der Waals surface area contributed by atoms with Gasteiger partial charge in [-0.3, -0.25) is 4.90 Å². The predicted octanol–water partition coefficient (Wildman–Crippen LogP) is 4.76. The second-order valence-electron chi connectivity index (χ2n) is 6.35. The Kier molecular flexibility index (Phi) is 5.34. The van der Waals surface area contributed by atoms with Gasteiger partial charge in [-0.1, -0.05) is 18.2 Å². The van der Waals surface area contributed by atoms with Gasteiger partial charge in [0.1, 0.15) is 5.60 Å². The number of halogens is 1. The van der Waals surface area contributed by atoms with Crippen LogP contribution in [-0.2, 0) is 4.74 Å². The first-order chi connectivity index (χ1) is 11.3. The third-order valence-corrected chi connectivity index (χ3v) is 3.19. The highest BCUT2D eigenvalue weighted by Crippen LogP contribution is 2.19. The highest BCUT2D eigenvalue weighted by atomic mass is 19.1. The van der Waals surface area contributed by atoms with Gasteiger partial charge in [-0.25, -0.2) is 9.78 Å². The smallest absolute Gasteiger partial charge is 0.414 e. The van der Waals surface area contributed by atoms with Gasteiger partial charge in [0, 0.05) is 24.5 Å². The van der Waals surface area contributed by atoms with E-state index in [0.717, 1.165) is 5.56 Å². The van der Waals surface area contributed by atoms with Crippen LogP contribution in [0.2, 0.25) is 0 Å². The Morgan fingerprint density at radius 1 is 1.17 bits per heavy atom. The maximum Gasteiger partial charge on any atom is 0.414 e. The number of pyridine rings is 1. The highest BCUT2D eigenvalue weighted by molar-refractivity contribution is 5.87. The molecule has 0 aliphatic rings. The van der Waals surface area contributed by atoms with Gasteiger partial charge in [0.15, 0.2) is 0 Å². The Morgan fingerprint density at radius 3 is 2.42 bits per heavy atom. The molecule has 1 aromatic carbocycles. The second-order valence-corrected chi connectivity index (χ2v) is 6.35. The molecule has 24 heavy (non-hydrogen) atoms. The number of ether oxygens (including phenoxy) is 1. The number of carbonyl (C=O) groups is 1. The van der Waals surface area contributed by atoms with Crippen molar-refractivity contribution >= 4 is 23.9 Å². The number of benzene rings is 1. The Labute approximate surface area is 141 Å². The minimum Gasteiger partial charge on any atom is -0.443 e. The average Bonchev–Trinajstić information content (AvgIpc) is 2.52. The van der Waals surface area contributed by atoms with Crippen molar-refractivity contribution in [3.8, 4) is 0 Å². The summed E-state index contributed by atoms with van der Waals surface area (Å²) in [4.78, 5) is 17.1. The topological polar surface area (TPSA) is 42.4 Å². The summed E-state index contributed by atoms with van der Waals surface area (Å²) in [6, 6.07) is 10.7. The number of hydrogen-bond donors (Lipinski definition) is 0. The highest BCUT2D eigenvalue weighted by Gasteiger charge is 2.20. The van der Waals surface area contributed by atoms with E-state index in [1.807, 2.05) is 45.0 Å². The summed E-state index contributed by atoms with van der Waals surface area (Å²) in [5.74, 6) is -0.505. The van der Waals surface area contributed by atoms with Crippen LogP contribution in [-0.4, -0.2) is 23.7 Å². The van der Waals surface area contributed by atoms with Crippen LogP contribution in [0, 0.1) is 5.95 Å². The van der Waals surface area contributed by atoms with Crippen LogP contribution in [0.15, 0.2) is 42.6 Å². The van der Waals surface area contributed by atoms with Gasteiger partial charge in [-0.2, -0.15) is 4.39 Å². The summed E-state index contributed by atoms with van der Waals surface area (Å²) >= 11 is 0.